The average Bonchev–Trinajstić information content (AvgIpc) is 2.69. The second kappa shape index (κ2) is 11.3. The molecule has 9 nitrogen and oxygen atoms in total. The van der Waals surface area contributed by atoms with Crippen molar-refractivity contribution >= 4 is 17.6 Å². The fourth-order valence-corrected chi connectivity index (χ4v) is 3.56. The normalized spacial score (nSPS) is 13.5. The van der Waals surface area contributed by atoms with Crippen LogP contribution in [-0.4, -0.2) is 60.6 Å². The van der Waals surface area contributed by atoms with Crippen LogP contribution in [0.25, 0.3) is 0 Å². The van der Waals surface area contributed by atoms with Crippen molar-refractivity contribution in [2.75, 3.05) is 33.8 Å². The van der Waals surface area contributed by atoms with Gasteiger partial charge in [-0.15, -0.1) is 0 Å². The Morgan fingerprint density at radius 1 is 1.25 bits per heavy atom. The Bertz CT molecular complexity index is 837. The van der Waals surface area contributed by atoms with Gasteiger partial charge in [-0.3, -0.25) is 19.7 Å². The van der Waals surface area contributed by atoms with E-state index in [9.17, 15) is 24.8 Å². The lowest BCUT2D eigenvalue weighted by atomic mass is 9.72. The summed E-state index contributed by atoms with van der Waals surface area (Å²) in [6.07, 6.45) is 1.09. The van der Waals surface area contributed by atoms with E-state index in [4.69, 9.17) is 4.74 Å². The molecule has 9 heteroatoms. The Hall–Kier alpha value is -2.68. The lowest BCUT2D eigenvalue weighted by molar-refractivity contribution is -0.385. The predicted molar refractivity (Wildman–Crippen MR) is 123 cm³/mol. The van der Waals surface area contributed by atoms with Gasteiger partial charge in [0, 0.05) is 24.1 Å². The van der Waals surface area contributed by atoms with Gasteiger partial charge in [-0.25, -0.2) is 0 Å². The molecule has 0 aliphatic rings. The molecule has 0 radical (unpaired) electrons. The fraction of sp³-hybridized carbons (Fsp3) is 0.652. The quantitative estimate of drug-likeness (QED) is 0.284. The van der Waals surface area contributed by atoms with Crippen LogP contribution >= 0.6 is 0 Å². The van der Waals surface area contributed by atoms with Gasteiger partial charge >= 0.3 is 5.97 Å². The summed E-state index contributed by atoms with van der Waals surface area (Å²) in [6.45, 7) is 10.0. The number of phenolic OH excluding ortho intramolecular Hbond substituents is 1. The highest BCUT2D eigenvalue weighted by Crippen LogP contribution is 2.38. The number of nitro groups is 1. The van der Waals surface area contributed by atoms with Crippen molar-refractivity contribution < 1.29 is 24.4 Å². The number of hydrogen-bond donors (Lipinski definition) is 2. The maximum Gasteiger partial charge on any atom is 0.311 e. The molecule has 0 heterocycles. The SMILES string of the molecule is CCC(C)(CC(C)(C)C(=O)NCCc1cc(C)c(O)cc1[N+](=O)[O-])C(=O)OCCN(C)C. The number of amides is 1. The molecular formula is C23H37N3O6. The number of carbonyl (C=O) groups is 2. The van der Waals surface area contributed by atoms with Gasteiger partial charge in [-0.2, -0.15) is 0 Å². The molecular weight excluding hydrogens is 414 g/mol. The molecule has 0 aliphatic carbocycles. The number of benzene rings is 1. The molecule has 1 rings (SSSR count). The van der Waals surface area contributed by atoms with Crippen LogP contribution in [0.5, 0.6) is 5.75 Å². The molecule has 0 fully saturated rings. The van der Waals surface area contributed by atoms with Gasteiger partial charge in [-0.1, -0.05) is 20.8 Å². The molecule has 0 aliphatic heterocycles. The van der Waals surface area contributed by atoms with Gasteiger partial charge in [0.25, 0.3) is 5.69 Å². The van der Waals surface area contributed by atoms with Crippen molar-refractivity contribution in [3.05, 3.63) is 33.4 Å². The first kappa shape index (κ1) is 27.4. The maximum atomic E-state index is 12.9. The van der Waals surface area contributed by atoms with Crippen LogP contribution in [0.4, 0.5) is 5.69 Å². The Labute approximate surface area is 190 Å². The number of nitrogens with zero attached hydrogens (tertiary/aromatic N) is 2. The molecule has 1 amide bonds. The summed E-state index contributed by atoms with van der Waals surface area (Å²) in [7, 11) is 3.79. The number of nitrogens with one attached hydrogen (secondary N) is 1. The molecule has 0 saturated heterocycles. The first-order valence-corrected chi connectivity index (χ1v) is 10.8. The third-order valence-corrected chi connectivity index (χ3v) is 5.77. The molecule has 2 N–H and O–H groups in total. The second-order valence-electron chi connectivity index (χ2n) is 9.44. The van der Waals surface area contributed by atoms with Crippen molar-refractivity contribution in [1.82, 2.24) is 10.2 Å². The maximum absolute atomic E-state index is 12.9. The van der Waals surface area contributed by atoms with E-state index in [1.54, 1.807) is 26.8 Å². The summed E-state index contributed by atoms with van der Waals surface area (Å²) in [4.78, 5) is 38.2. The number of esters is 1. The average molecular weight is 452 g/mol. The van der Waals surface area contributed by atoms with E-state index in [0.29, 0.717) is 37.1 Å². The second-order valence-corrected chi connectivity index (χ2v) is 9.44. The number of phenols is 1. The van der Waals surface area contributed by atoms with Crippen molar-refractivity contribution in [2.24, 2.45) is 10.8 Å². The number of aromatic hydroxyl groups is 1. The number of likely N-dealkylation sites (N-methyl/N-ethyl adjacent to an activating group) is 1. The first-order valence-electron chi connectivity index (χ1n) is 10.8. The van der Waals surface area contributed by atoms with Crippen molar-refractivity contribution in [3.8, 4) is 5.75 Å². The summed E-state index contributed by atoms with van der Waals surface area (Å²) in [5.74, 6) is -0.698. The Morgan fingerprint density at radius 2 is 1.88 bits per heavy atom. The highest BCUT2D eigenvalue weighted by molar-refractivity contribution is 5.84. The molecule has 1 aromatic carbocycles. The molecule has 0 saturated carbocycles. The molecule has 1 aromatic rings. The summed E-state index contributed by atoms with van der Waals surface area (Å²) in [5.41, 5.74) is -0.863. The molecule has 0 spiro atoms. The summed E-state index contributed by atoms with van der Waals surface area (Å²) in [6, 6.07) is 2.69. The predicted octanol–water partition coefficient (Wildman–Crippen LogP) is 3.20. The number of carbonyl (C=O) groups excluding carboxylic acids is 2. The molecule has 1 atom stereocenters. The smallest absolute Gasteiger partial charge is 0.311 e. The van der Waals surface area contributed by atoms with E-state index in [0.717, 1.165) is 6.07 Å². The number of rotatable bonds is 12. The lowest BCUT2D eigenvalue weighted by Gasteiger charge is -2.34. The molecule has 0 bridgehead atoms. The third kappa shape index (κ3) is 7.47. The highest BCUT2D eigenvalue weighted by atomic mass is 16.6. The van der Waals surface area contributed by atoms with Gasteiger partial charge in [0.05, 0.1) is 16.4 Å². The van der Waals surface area contributed by atoms with Gasteiger partial charge in [0.15, 0.2) is 0 Å². The third-order valence-electron chi connectivity index (χ3n) is 5.77. The zero-order valence-electron chi connectivity index (χ0n) is 20.3. The zero-order valence-corrected chi connectivity index (χ0v) is 20.3. The highest BCUT2D eigenvalue weighted by Gasteiger charge is 2.42. The van der Waals surface area contributed by atoms with Crippen molar-refractivity contribution in [3.63, 3.8) is 0 Å². The largest absolute Gasteiger partial charge is 0.507 e. The van der Waals surface area contributed by atoms with E-state index >= 15 is 0 Å². The first-order chi connectivity index (χ1) is 14.7. The van der Waals surface area contributed by atoms with Gasteiger partial charge in [-0.05, 0) is 58.8 Å². The monoisotopic (exact) mass is 451 g/mol. The molecule has 180 valence electrons. The van der Waals surface area contributed by atoms with Gasteiger partial charge < -0.3 is 20.1 Å². The van der Waals surface area contributed by atoms with E-state index < -0.39 is 15.8 Å². The fourth-order valence-electron chi connectivity index (χ4n) is 3.56. The minimum Gasteiger partial charge on any atom is -0.507 e. The minimum absolute atomic E-state index is 0.137. The zero-order chi connectivity index (χ0) is 24.7. The Balaban J connectivity index is 2.78. The Kier molecular flexibility index (Phi) is 9.63. The molecule has 32 heavy (non-hydrogen) atoms. The standard InChI is InChI=1S/C23H37N3O6/c1-8-23(5,21(29)32-12-11-25(6)7)15-22(3,4)20(28)24-10-9-17-13-16(2)19(27)14-18(17)26(30)31/h13-14,27H,8-12,15H2,1-7H3,(H,24,28). The van der Waals surface area contributed by atoms with Crippen LogP contribution < -0.4 is 5.32 Å². The van der Waals surface area contributed by atoms with E-state index in [2.05, 4.69) is 5.32 Å². The van der Waals surface area contributed by atoms with Crippen LogP contribution in [0.3, 0.4) is 0 Å². The van der Waals surface area contributed by atoms with Crippen LogP contribution in [0.2, 0.25) is 0 Å². The van der Waals surface area contributed by atoms with Crippen LogP contribution in [0.1, 0.15) is 51.7 Å². The van der Waals surface area contributed by atoms with Crippen molar-refractivity contribution in [2.45, 2.75) is 53.9 Å². The minimum atomic E-state index is -0.845. The van der Waals surface area contributed by atoms with Crippen LogP contribution in [0.15, 0.2) is 12.1 Å². The molecule has 0 aromatic heterocycles. The summed E-state index contributed by atoms with van der Waals surface area (Å²) in [5, 5.41) is 23.8. The van der Waals surface area contributed by atoms with E-state index in [1.165, 1.54) is 0 Å². The van der Waals surface area contributed by atoms with E-state index in [1.807, 2.05) is 32.8 Å². The van der Waals surface area contributed by atoms with Crippen LogP contribution in [-0.2, 0) is 20.7 Å². The number of aryl methyl sites for hydroxylation is 1. The number of hydrogen-bond acceptors (Lipinski definition) is 7. The number of nitro benzene ring substituents is 1. The summed E-state index contributed by atoms with van der Waals surface area (Å²) >= 11 is 0. The van der Waals surface area contributed by atoms with Gasteiger partial charge in [0.1, 0.15) is 12.4 Å². The molecule has 1 unspecified atom stereocenters. The number of ether oxygens (including phenoxy) is 1. The van der Waals surface area contributed by atoms with Crippen molar-refractivity contribution in [1.29, 1.82) is 0 Å². The van der Waals surface area contributed by atoms with Crippen LogP contribution in [0, 0.1) is 27.9 Å². The summed E-state index contributed by atoms with van der Waals surface area (Å²) < 4.78 is 5.43. The van der Waals surface area contributed by atoms with E-state index in [-0.39, 0.29) is 36.3 Å². The Morgan fingerprint density at radius 3 is 2.41 bits per heavy atom. The van der Waals surface area contributed by atoms with Gasteiger partial charge in [0.2, 0.25) is 5.91 Å². The topological polar surface area (TPSA) is 122 Å². The lowest BCUT2D eigenvalue weighted by Crippen LogP contribution is -2.43.